The Kier molecular flexibility index (Phi) is 6.84. The number of rotatable bonds is 3. The highest BCUT2D eigenvalue weighted by Gasteiger charge is 1.98. The Morgan fingerprint density at radius 1 is 1.15 bits per heavy atom. The lowest BCUT2D eigenvalue weighted by molar-refractivity contribution is -0.136. The van der Waals surface area contributed by atoms with Crippen LogP contribution in [0.25, 0.3) is 0 Å². The molecule has 1 heterocycles. The Bertz CT molecular complexity index is 559. The van der Waals surface area contributed by atoms with Crippen LogP contribution in [-0.2, 0) is 11.2 Å². The number of carbonyl (C=O) groups is 1. The number of halogens is 2. The number of carboxylic acid groups (broad SMARTS) is 1. The Morgan fingerprint density at radius 2 is 1.90 bits per heavy atom. The van der Waals surface area contributed by atoms with Crippen molar-refractivity contribution < 1.29 is 15.0 Å². The van der Waals surface area contributed by atoms with Crippen molar-refractivity contribution in [2.45, 2.75) is 12.8 Å². The minimum absolute atomic E-state index is 0.0949. The van der Waals surface area contributed by atoms with Gasteiger partial charge in [0.1, 0.15) is 5.75 Å². The summed E-state index contributed by atoms with van der Waals surface area (Å²) in [4.78, 5) is 13.8. The van der Waals surface area contributed by atoms with Gasteiger partial charge < -0.3 is 10.2 Å². The molecule has 0 bridgehead atoms. The topological polar surface area (TPSA) is 70.4 Å². The predicted molar refractivity (Wildman–Crippen MR) is 78.3 cm³/mol. The highest BCUT2D eigenvalue weighted by atomic mass is 35.5. The quantitative estimate of drug-likeness (QED) is 0.904. The van der Waals surface area contributed by atoms with Gasteiger partial charge in [0.05, 0.1) is 11.2 Å². The fourth-order valence-electron chi connectivity index (χ4n) is 1.34. The molecule has 0 aliphatic carbocycles. The van der Waals surface area contributed by atoms with Gasteiger partial charge in [0, 0.05) is 23.7 Å². The number of aromatic hydroxyl groups is 1. The maximum Gasteiger partial charge on any atom is 0.303 e. The van der Waals surface area contributed by atoms with Gasteiger partial charge in [-0.2, -0.15) is 0 Å². The van der Waals surface area contributed by atoms with E-state index in [4.69, 9.17) is 33.4 Å². The summed E-state index contributed by atoms with van der Waals surface area (Å²) in [6.45, 7) is 0. The molecule has 2 N–H and O–H groups in total. The first-order valence-electron chi connectivity index (χ1n) is 5.73. The Hall–Kier alpha value is -1.78. The number of hydrogen-bond acceptors (Lipinski definition) is 3. The van der Waals surface area contributed by atoms with Gasteiger partial charge in [-0.05, 0) is 24.1 Å². The molecule has 20 heavy (non-hydrogen) atoms. The van der Waals surface area contributed by atoms with Crippen LogP contribution in [0.15, 0.2) is 42.7 Å². The molecule has 0 aliphatic rings. The van der Waals surface area contributed by atoms with Crippen LogP contribution in [-0.4, -0.2) is 21.2 Å². The molecule has 0 saturated carbocycles. The molecule has 0 amide bonds. The van der Waals surface area contributed by atoms with Crippen molar-refractivity contribution in [3.05, 3.63) is 58.3 Å². The molecule has 0 atom stereocenters. The van der Waals surface area contributed by atoms with Crippen LogP contribution in [0.3, 0.4) is 0 Å². The lowest BCUT2D eigenvalue weighted by Crippen LogP contribution is -1.96. The van der Waals surface area contributed by atoms with E-state index < -0.39 is 5.97 Å². The fourth-order valence-corrected chi connectivity index (χ4v) is 1.73. The standard InChI is InChI=1S/C9H9ClO2.C5H4ClNO/c10-8-3-1-2-7(6-8)4-5-9(11)12;6-4-1-5(8)3-7-2-4/h1-3,6H,4-5H2,(H,11,12);1-3,8H. The van der Waals surface area contributed by atoms with E-state index in [-0.39, 0.29) is 12.2 Å². The van der Waals surface area contributed by atoms with E-state index in [2.05, 4.69) is 4.98 Å². The monoisotopic (exact) mass is 313 g/mol. The first kappa shape index (κ1) is 16.3. The molecule has 1 aromatic carbocycles. The third-order valence-corrected chi connectivity index (χ3v) is 2.65. The molecule has 1 aromatic heterocycles. The van der Waals surface area contributed by atoms with Crippen molar-refractivity contribution in [3.63, 3.8) is 0 Å². The molecular weight excluding hydrogens is 301 g/mol. The van der Waals surface area contributed by atoms with E-state index in [1.807, 2.05) is 12.1 Å². The Balaban J connectivity index is 0.000000217. The number of nitrogens with zero attached hydrogens (tertiary/aromatic N) is 1. The van der Waals surface area contributed by atoms with Crippen LogP contribution in [0.5, 0.6) is 5.75 Å². The minimum atomic E-state index is -0.782. The van der Waals surface area contributed by atoms with E-state index in [0.717, 1.165) is 5.56 Å². The van der Waals surface area contributed by atoms with Crippen LogP contribution in [0, 0.1) is 0 Å². The average Bonchev–Trinajstić information content (AvgIpc) is 2.37. The van der Waals surface area contributed by atoms with Gasteiger partial charge >= 0.3 is 5.97 Å². The van der Waals surface area contributed by atoms with E-state index in [1.165, 1.54) is 18.5 Å². The van der Waals surface area contributed by atoms with Crippen LogP contribution in [0.1, 0.15) is 12.0 Å². The zero-order chi connectivity index (χ0) is 15.0. The normalized spacial score (nSPS) is 9.50. The lowest BCUT2D eigenvalue weighted by atomic mass is 10.1. The van der Waals surface area contributed by atoms with Crippen molar-refractivity contribution >= 4 is 29.2 Å². The van der Waals surface area contributed by atoms with E-state index in [9.17, 15) is 4.79 Å². The van der Waals surface area contributed by atoms with Crippen LogP contribution >= 0.6 is 23.2 Å². The van der Waals surface area contributed by atoms with Gasteiger partial charge in [0.25, 0.3) is 0 Å². The third-order valence-electron chi connectivity index (χ3n) is 2.21. The van der Waals surface area contributed by atoms with E-state index in [1.54, 1.807) is 12.1 Å². The SMILES string of the molecule is O=C(O)CCc1cccc(Cl)c1.Oc1cncc(Cl)c1. The largest absolute Gasteiger partial charge is 0.506 e. The number of aromatic nitrogens is 1. The second kappa shape index (κ2) is 8.40. The van der Waals surface area contributed by atoms with Crippen molar-refractivity contribution in [1.29, 1.82) is 0 Å². The molecule has 6 heteroatoms. The maximum absolute atomic E-state index is 10.2. The number of benzene rings is 1. The molecule has 0 saturated heterocycles. The van der Waals surface area contributed by atoms with Crippen LogP contribution < -0.4 is 0 Å². The minimum Gasteiger partial charge on any atom is -0.506 e. The summed E-state index contributed by atoms with van der Waals surface area (Å²) in [5.74, 6) is -0.688. The second-order valence-corrected chi connectivity index (χ2v) is 4.76. The molecule has 4 nitrogen and oxygen atoms in total. The molecule has 0 fully saturated rings. The summed E-state index contributed by atoms with van der Waals surface area (Å²) in [5.41, 5.74) is 0.963. The summed E-state index contributed by atoms with van der Waals surface area (Å²) in [6, 6.07) is 8.67. The maximum atomic E-state index is 10.2. The van der Waals surface area contributed by atoms with Crippen molar-refractivity contribution in [1.82, 2.24) is 4.98 Å². The van der Waals surface area contributed by atoms with Gasteiger partial charge in [-0.15, -0.1) is 0 Å². The molecule has 2 rings (SSSR count). The smallest absolute Gasteiger partial charge is 0.303 e. The Morgan fingerprint density at radius 3 is 2.40 bits per heavy atom. The van der Waals surface area contributed by atoms with Gasteiger partial charge in [0.15, 0.2) is 0 Å². The zero-order valence-corrected chi connectivity index (χ0v) is 12.0. The van der Waals surface area contributed by atoms with Gasteiger partial charge in [-0.3, -0.25) is 9.78 Å². The summed E-state index contributed by atoms with van der Waals surface area (Å²) < 4.78 is 0. The zero-order valence-electron chi connectivity index (χ0n) is 10.5. The van der Waals surface area contributed by atoms with Crippen molar-refractivity contribution in [3.8, 4) is 5.75 Å². The number of pyridine rings is 1. The van der Waals surface area contributed by atoms with Crippen molar-refractivity contribution in [2.24, 2.45) is 0 Å². The van der Waals surface area contributed by atoms with E-state index >= 15 is 0 Å². The average molecular weight is 314 g/mol. The molecular formula is C14H13Cl2NO3. The molecule has 0 aliphatic heterocycles. The number of carboxylic acids is 1. The predicted octanol–water partition coefficient (Wildman–Crippen LogP) is 3.80. The number of hydrogen-bond donors (Lipinski definition) is 2. The van der Waals surface area contributed by atoms with Gasteiger partial charge in [-0.25, -0.2) is 0 Å². The van der Waals surface area contributed by atoms with E-state index in [0.29, 0.717) is 16.5 Å². The number of aryl methyl sites for hydroxylation is 1. The summed E-state index contributed by atoms with van der Waals surface area (Å²) >= 11 is 11.1. The Labute approximate surface area is 126 Å². The molecule has 0 radical (unpaired) electrons. The summed E-state index contributed by atoms with van der Waals surface area (Å²) in [6.07, 6.45) is 3.48. The first-order chi connectivity index (χ1) is 9.47. The molecule has 106 valence electrons. The molecule has 0 spiro atoms. The summed E-state index contributed by atoms with van der Waals surface area (Å²) in [7, 11) is 0. The highest BCUT2D eigenvalue weighted by molar-refractivity contribution is 6.30. The highest BCUT2D eigenvalue weighted by Crippen LogP contribution is 2.12. The molecule has 0 unspecified atom stereocenters. The second-order valence-electron chi connectivity index (χ2n) is 3.89. The van der Waals surface area contributed by atoms with Crippen molar-refractivity contribution in [2.75, 3.05) is 0 Å². The third kappa shape index (κ3) is 6.97. The van der Waals surface area contributed by atoms with Crippen LogP contribution in [0.2, 0.25) is 10.0 Å². The van der Waals surface area contributed by atoms with Gasteiger partial charge in [0.2, 0.25) is 0 Å². The lowest BCUT2D eigenvalue weighted by Gasteiger charge is -1.97. The summed E-state index contributed by atoms with van der Waals surface area (Å²) in [5, 5.41) is 18.2. The van der Waals surface area contributed by atoms with Gasteiger partial charge in [-0.1, -0.05) is 35.3 Å². The number of aliphatic carboxylic acids is 1. The van der Waals surface area contributed by atoms with Crippen LogP contribution in [0.4, 0.5) is 0 Å². The first-order valence-corrected chi connectivity index (χ1v) is 6.48. The molecule has 2 aromatic rings. The fraction of sp³-hybridized carbons (Fsp3) is 0.143.